The molecule has 0 aliphatic carbocycles. The zero-order valence-corrected chi connectivity index (χ0v) is 20.3. The number of para-hydroxylation sites is 1. The third-order valence-electron chi connectivity index (χ3n) is 4.41. The maximum Gasteiger partial charge on any atom is 0.282 e. The monoisotopic (exact) mass is 632 g/mol. The van der Waals surface area contributed by atoms with Crippen molar-refractivity contribution < 1.29 is 4.74 Å². The van der Waals surface area contributed by atoms with Crippen LogP contribution in [0.1, 0.15) is 5.56 Å². The minimum Gasteiger partial charge on any atom is -0.477 e. The van der Waals surface area contributed by atoms with Crippen LogP contribution in [0.3, 0.4) is 0 Å². The number of hydrogen-bond donors (Lipinski definition) is 0. The van der Waals surface area contributed by atoms with E-state index in [4.69, 9.17) is 15.0 Å². The second-order valence-corrected chi connectivity index (χ2v) is 8.76. The van der Waals surface area contributed by atoms with Crippen molar-refractivity contribution in [2.75, 3.05) is 6.61 Å². The molecule has 0 aliphatic heterocycles. The standard InChI is InChI=1S/C23H14I2N4O2/c24-18-12-15(13-19(25)21(18)31-11-10-26)14-27-29-22(16-6-2-1-3-7-16)28-20-9-5-4-8-17(20)23(29)30/h1-9,12-14H,11H2. The van der Waals surface area contributed by atoms with Crippen molar-refractivity contribution in [3.05, 3.63) is 89.8 Å². The van der Waals surface area contributed by atoms with E-state index in [1.807, 2.05) is 66.7 Å². The minimum atomic E-state index is -0.237. The lowest BCUT2D eigenvalue weighted by molar-refractivity contribution is 0.363. The number of hydrogen-bond acceptors (Lipinski definition) is 5. The molecule has 4 rings (SSSR count). The highest BCUT2D eigenvalue weighted by Crippen LogP contribution is 2.28. The highest BCUT2D eigenvalue weighted by molar-refractivity contribution is 14.1. The molecule has 0 amide bonds. The van der Waals surface area contributed by atoms with Crippen LogP contribution in [0.4, 0.5) is 0 Å². The number of benzene rings is 3. The summed E-state index contributed by atoms with van der Waals surface area (Å²) in [5.74, 6) is 1.13. The van der Waals surface area contributed by atoms with Gasteiger partial charge in [0.15, 0.2) is 12.4 Å². The molecular formula is C23H14I2N4O2. The summed E-state index contributed by atoms with van der Waals surface area (Å²) < 4.78 is 8.53. The van der Waals surface area contributed by atoms with Crippen molar-refractivity contribution >= 4 is 62.3 Å². The highest BCUT2D eigenvalue weighted by atomic mass is 127. The van der Waals surface area contributed by atoms with Crippen molar-refractivity contribution in [1.29, 1.82) is 5.26 Å². The van der Waals surface area contributed by atoms with Gasteiger partial charge in [-0.3, -0.25) is 4.79 Å². The van der Waals surface area contributed by atoms with E-state index < -0.39 is 0 Å². The van der Waals surface area contributed by atoms with Gasteiger partial charge in [0.05, 0.1) is 24.3 Å². The van der Waals surface area contributed by atoms with Gasteiger partial charge in [-0.2, -0.15) is 15.0 Å². The Bertz CT molecular complexity index is 1370. The van der Waals surface area contributed by atoms with Gasteiger partial charge < -0.3 is 4.74 Å². The van der Waals surface area contributed by atoms with Crippen LogP contribution in [0.2, 0.25) is 0 Å². The predicted octanol–water partition coefficient (Wildman–Crippen LogP) is 5.06. The topological polar surface area (TPSA) is 80.3 Å². The van der Waals surface area contributed by atoms with Gasteiger partial charge in [0.2, 0.25) is 0 Å². The Kier molecular flexibility index (Phi) is 6.62. The van der Waals surface area contributed by atoms with E-state index in [1.54, 1.807) is 12.3 Å². The summed E-state index contributed by atoms with van der Waals surface area (Å²) in [5, 5.41) is 13.8. The Morgan fingerprint density at radius 2 is 1.74 bits per heavy atom. The molecule has 3 aromatic carbocycles. The molecule has 8 heteroatoms. The maximum atomic E-state index is 13.2. The maximum absolute atomic E-state index is 13.2. The molecule has 0 saturated carbocycles. The van der Waals surface area contributed by atoms with Crippen LogP contribution in [0.25, 0.3) is 22.3 Å². The number of rotatable bonds is 5. The lowest BCUT2D eigenvalue weighted by atomic mass is 10.2. The number of halogens is 2. The molecular weight excluding hydrogens is 618 g/mol. The Morgan fingerprint density at radius 3 is 2.45 bits per heavy atom. The molecule has 0 spiro atoms. The lowest BCUT2D eigenvalue weighted by Gasteiger charge is -2.10. The quantitative estimate of drug-likeness (QED) is 0.228. The first-order valence-corrected chi connectivity index (χ1v) is 11.3. The van der Waals surface area contributed by atoms with Gasteiger partial charge in [0, 0.05) is 5.56 Å². The Labute approximate surface area is 205 Å². The molecule has 31 heavy (non-hydrogen) atoms. The molecule has 4 aromatic rings. The van der Waals surface area contributed by atoms with Gasteiger partial charge in [0.25, 0.3) is 5.56 Å². The van der Waals surface area contributed by atoms with Gasteiger partial charge in [-0.25, -0.2) is 4.98 Å². The predicted molar refractivity (Wildman–Crippen MR) is 137 cm³/mol. The SMILES string of the molecule is N#CCOc1c(I)cc(C=Nn2c(-c3ccccc3)nc3ccccc3c2=O)cc1I. The number of ether oxygens (including phenoxy) is 1. The van der Waals surface area contributed by atoms with E-state index in [0.717, 1.165) is 18.3 Å². The smallest absolute Gasteiger partial charge is 0.282 e. The number of nitriles is 1. The second kappa shape index (κ2) is 9.57. The van der Waals surface area contributed by atoms with Gasteiger partial charge in [-0.05, 0) is 75.0 Å². The van der Waals surface area contributed by atoms with Crippen molar-refractivity contribution in [2.24, 2.45) is 5.10 Å². The molecule has 0 radical (unpaired) electrons. The fraction of sp³-hybridized carbons (Fsp3) is 0.0435. The first-order valence-electron chi connectivity index (χ1n) is 9.19. The fourth-order valence-electron chi connectivity index (χ4n) is 3.03. The third kappa shape index (κ3) is 4.62. The average molecular weight is 632 g/mol. The first-order chi connectivity index (χ1) is 15.1. The number of aromatic nitrogens is 2. The number of nitrogens with zero attached hydrogens (tertiary/aromatic N) is 4. The summed E-state index contributed by atoms with van der Waals surface area (Å²) in [5.41, 5.74) is 1.99. The molecule has 0 bridgehead atoms. The molecule has 1 heterocycles. The zero-order valence-electron chi connectivity index (χ0n) is 16.0. The van der Waals surface area contributed by atoms with Crippen LogP contribution in [0.15, 0.2) is 76.6 Å². The summed E-state index contributed by atoms with van der Waals surface area (Å²) in [4.78, 5) is 17.9. The van der Waals surface area contributed by atoms with Crippen LogP contribution in [-0.4, -0.2) is 22.5 Å². The summed E-state index contributed by atoms with van der Waals surface area (Å²) in [6.45, 7) is -0.0158. The van der Waals surface area contributed by atoms with Crippen molar-refractivity contribution in [3.8, 4) is 23.2 Å². The highest BCUT2D eigenvalue weighted by Gasteiger charge is 2.13. The number of fused-ring (bicyclic) bond motifs is 1. The second-order valence-electron chi connectivity index (χ2n) is 6.44. The Hall–Kier alpha value is -2.78. The van der Waals surface area contributed by atoms with Gasteiger partial charge >= 0.3 is 0 Å². The third-order valence-corrected chi connectivity index (χ3v) is 6.01. The van der Waals surface area contributed by atoms with Crippen LogP contribution in [0, 0.1) is 18.5 Å². The van der Waals surface area contributed by atoms with Gasteiger partial charge in [-0.1, -0.05) is 42.5 Å². The van der Waals surface area contributed by atoms with Crippen LogP contribution >= 0.6 is 45.2 Å². The molecule has 0 fully saturated rings. The minimum absolute atomic E-state index is 0.0158. The average Bonchev–Trinajstić information content (AvgIpc) is 2.78. The molecule has 0 aliphatic rings. The van der Waals surface area contributed by atoms with Crippen molar-refractivity contribution in [1.82, 2.24) is 9.66 Å². The summed E-state index contributed by atoms with van der Waals surface area (Å²) in [7, 11) is 0. The molecule has 1 aromatic heterocycles. The summed E-state index contributed by atoms with van der Waals surface area (Å²) >= 11 is 4.32. The zero-order chi connectivity index (χ0) is 21.8. The van der Waals surface area contributed by atoms with Crippen LogP contribution in [0.5, 0.6) is 5.75 Å². The van der Waals surface area contributed by atoms with E-state index >= 15 is 0 Å². The van der Waals surface area contributed by atoms with E-state index in [0.29, 0.717) is 22.5 Å². The Morgan fingerprint density at radius 1 is 1.06 bits per heavy atom. The molecule has 6 nitrogen and oxygen atoms in total. The van der Waals surface area contributed by atoms with Crippen molar-refractivity contribution in [2.45, 2.75) is 0 Å². The van der Waals surface area contributed by atoms with Gasteiger partial charge in [0.1, 0.15) is 11.8 Å². The van der Waals surface area contributed by atoms with Crippen LogP contribution < -0.4 is 10.3 Å². The first kappa shape index (κ1) is 21.5. The lowest BCUT2D eigenvalue weighted by Crippen LogP contribution is -2.20. The summed E-state index contributed by atoms with van der Waals surface area (Å²) in [6, 6.07) is 22.5. The van der Waals surface area contributed by atoms with E-state index in [1.165, 1.54) is 4.68 Å². The van der Waals surface area contributed by atoms with Gasteiger partial charge in [-0.15, -0.1) is 0 Å². The van der Waals surface area contributed by atoms with Crippen LogP contribution in [-0.2, 0) is 0 Å². The molecule has 0 atom stereocenters. The van der Waals surface area contributed by atoms with E-state index in [2.05, 4.69) is 50.3 Å². The summed E-state index contributed by atoms with van der Waals surface area (Å²) in [6.07, 6.45) is 1.63. The largest absolute Gasteiger partial charge is 0.477 e. The fourth-order valence-corrected chi connectivity index (χ4v) is 5.15. The molecule has 152 valence electrons. The van der Waals surface area contributed by atoms with E-state index in [-0.39, 0.29) is 12.2 Å². The molecule has 0 N–H and O–H groups in total. The normalized spacial score (nSPS) is 11.0. The van der Waals surface area contributed by atoms with Crippen molar-refractivity contribution in [3.63, 3.8) is 0 Å². The Balaban J connectivity index is 1.83. The molecule has 0 saturated heterocycles. The van der Waals surface area contributed by atoms with E-state index in [9.17, 15) is 4.79 Å². The molecule has 0 unspecified atom stereocenters.